The van der Waals surface area contributed by atoms with Crippen molar-refractivity contribution in [3.8, 4) is 0 Å². The average Bonchev–Trinajstić information content (AvgIpc) is 2.12. The molecule has 0 saturated heterocycles. The number of amides is 1. The Labute approximate surface area is 73.9 Å². The zero-order chi connectivity index (χ0) is 9.68. The molecule has 0 aliphatic rings. The van der Waals surface area contributed by atoms with Gasteiger partial charge in [0, 0.05) is 6.20 Å². The molecule has 0 aliphatic heterocycles. The molecule has 0 bridgehead atoms. The van der Waals surface area contributed by atoms with Gasteiger partial charge in [-0.1, -0.05) is 6.07 Å². The molecule has 1 aromatic carbocycles. The topological polar surface area (TPSA) is 29.1 Å². The van der Waals surface area contributed by atoms with Crippen molar-refractivity contribution >= 4 is 12.5 Å². The first-order valence-corrected chi connectivity index (χ1v) is 3.55. The molecule has 1 N–H and O–H groups in total. The molecule has 2 nitrogen and oxygen atoms in total. The van der Waals surface area contributed by atoms with Gasteiger partial charge >= 0.3 is 0 Å². The third kappa shape index (κ3) is 2.66. The van der Waals surface area contributed by atoms with E-state index in [0.717, 1.165) is 12.1 Å². The van der Waals surface area contributed by atoms with Gasteiger partial charge in [0.1, 0.15) is 0 Å². The molecule has 0 aromatic heterocycles. The van der Waals surface area contributed by atoms with Crippen LogP contribution in [0.3, 0.4) is 0 Å². The van der Waals surface area contributed by atoms with E-state index in [4.69, 9.17) is 0 Å². The summed E-state index contributed by atoms with van der Waals surface area (Å²) in [5.41, 5.74) is 0.480. The maximum atomic E-state index is 12.6. The van der Waals surface area contributed by atoms with Crippen LogP contribution in [0.25, 0.3) is 6.08 Å². The Kier molecular flexibility index (Phi) is 3.14. The Morgan fingerprint density at radius 3 is 2.62 bits per heavy atom. The van der Waals surface area contributed by atoms with Gasteiger partial charge in [0.2, 0.25) is 6.41 Å². The molecule has 13 heavy (non-hydrogen) atoms. The van der Waals surface area contributed by atoms with E-state index in [0.29, 0.717) is 12.0 Å². The highest BCUT2D eigenvalue weighted by atomic mass is 19.2. The molecule has 0 unspecified atom stereocenters. The van der Waals surface area contributed by atoms with E-state index in [2.05, 4.69) is 5.32 Å². The van der Waals surface area contributed by atoms with Crippen LogP contribution in [0.15, 0.2) is 24.4 Å². The van der Waals surface area contributed by atoms with Crippen molar-refractivity contribution in [2.24, 2.45) is 0 Å². The van der Waals surface area contributed by atoms with Crippen molar-refractivity contribution in [2.45, 2.75) is 0 Å². The SMILES string of the molecule is O=CN/C=C/c1ccc(F)c(F)c1. The van der Waals surface area contributed by atoms with Crippen LogP contribution >= 0.6 is 0 Å². The summed E-state index contributed by atoms with van der Waals surface area (Å²) in [4.78, 5) is 9.82. The Morgan fingerprint density at radius 1 is 1.23 bits per heavy atom. The number of carbonyl (C=O) groups is 1. The molecule has 0 aliphatic carbocycles. The van der Waals surface area contributed by atoms with Gasteiger partial charge in [0.25, 0.3) is 0 Å². The Balaban J connectivity index is 2.79. The molecular weight excluding hydrogens is 176 g/mol. The second-order valence-electron chi connectivity index (χ2n) is 2.29. The van der Waals surface area contributed by atoms with Crippen molar-refractivity contribution in [3.63, 3.8) is 0 Å². The highest BCUT2D eigenvalue weighted by Crippen LogP contribution is 2.09. The second-order valence-corrected chi connectivity index (χ2v) is 2.29. The van der Waals surface area contributed by atoms with E-state index in [9.17, 15) is 13.6 Å². The molecule has 4 heteroatoms. The third-order valence-electron chi connectivity index (χ3n) is 1.38. The molecular formula is C9H7F2NO. The molecule has 1 amide bonds. The molecule has 0 radical (unpaired) electrons. The number of nitrogens with one attached hydrogen (secondary N) is 1. The molecule has 68 valence electrons. The summed E-state index contributed by atoms with van der Waals surface area (Å²) in [6.07, 6.45) is 3.27. The molecule has 0 saturated carbocycles. The predicted octanol–water partition coefficient (Wildman–Crippen LogP) is 1.68. The van der Waals surface area contributed by atoms with E-state index in [-0.39, 0.29) is 0 Å². The summed E-state index contributed by atoms with van der Waals surface area (Å²) in [7, 11) is 0. The van der Waals surface area contributed by atoms with Crippen LogP contribution < -0.4 is 5.32 Å². The van der Waals surface area contributed by atoms with Gasteiger partial charge in [-0.15, -0.1) is 0 Å². The lowest BCUT2D eigenvalue weighted by molar-refractivity contribution is -0.108. The van der Waals surface area contributed by atoms with Crippen LogP contribution in [0.4, 0.5) is 8.78 Å². The van der Waals surface area contributed by atoms with Crippen molar-refractivity contribution in [1.82, 2.24) is 5.32 Å². The number of rotatable bonds is 3. The predicted molar refractivity (Wildman–Crippen MR) is 44.6 cm³/mol. The monoisotopic (exact) mass is 183 g/mol. The summed E-state index contributed by atoms with van der Waals surface area (Å²) < 4.78 is 25.0. The van der Waals surface area contributed by atoms with Crippen LogP contribution in [0, 0.1) is 11.6 Å². The van der Waals surface area contributed by atoms with E-state index in [1.807, 2.05) is 0 Å². The van der Waals surface area contributed by atoms with Gasteiger partial charge in [0.15, 0.2) is 11.6 Å². The first-order chi connectivity index (χ1) is 6.24. The van der Waals surface area contributed by atoms with Gasteiger partial charge in [0.05, 0.1) is 0 Å². The minimum absolute atomic E-state index is 0.480. The summed E-state index contributed by atoms with van der Waals surface area (Å²) in [5, 5.41) is 2.25. The Hall–Kier alpha value is -1.71. The first-order valence-electron chi connectivity index (χ1n) is 3.55. The fourth-order valence-electron chi connectivity index (χ4n) is 0.800. The maximum Gasteiger partial charge on any atom is 0.211 e. The Bertz CT molecular complexity index is 336. The van der Waals surface area contributed by atoms with Crippen molar-refractivity contribution in [1.29, 1.82) is 0 Å². The van der Waals surface area contributed by atoms with E-state index >= 15 is 0 Å². The first kappa shape index (κ1) is 9.38. The molecule has 0 atom stereocenters. The zero-order valence-electron chi connectivity index (χ0n) is 6.63. The van der Waals surface area contributed by atoms with Crippen LogP contribution in [0.5, 0.6) is 0 Å². The smallest absolute Gasteiger partial charge is 0.211 e. The maximum absolute atomic E-state index is 12.6. The largest absolute Gasteiger partial charge is 0.335 e. The van der Waals surface area contributed by atoms with E-state index < -0.39 is 11.6 Å². The van der Waals surface area contributed by atoms with Crippen molar-refractivity contribution in [3.05, 3.63) is 41.6 Å². The Morgan fingerprint density at radius 2 is 2.00 bits per heavy atom. The second kappa shape index (κ2) is 4.35. The molecule has 1 rings (SSSR count). The van der Waals surface area contributed by atoms with Gasteiger partial charge < -0.3 is 5.32 Å². The summed E-state index contributed by atoms with van der Waals surface area (Å²) in [5.74, 6) is -1.80. The minimum atomic E-state index is -0.909. The van der Waals surface area contributed by atoms with Crippen LogP contribution in [-0.4, -0.2) is 6.41 Å². The van der Waals surface area contributed by atoms with Gasteiger partial charge in [-0.05, 0) is 23.8 Å². The quantitative estimate of drug-likeness (QED) is 0.709. The lowest BCUT2D eigenvalue weighted by atomic mass is 10.2. The van der Waals surface area contributed by atoms with Gasteiger partial charge in [-0.25, -0.2) is 8.78 Å². The lowest BCUT2D eigenvalue weighted by Crippen LogP contribution is -1.98. The number of hydrogen-bond acceptors (Lipinski definition) is 1. The zero-order valence-corrected chi connectivity index (χ0v) is 6.63. The summed E-state index contributed by atoms with van der Waals surface area (Å²) in [6, 6.07) is 3.47. The fraction of sp³-hybridized carbons (Fsp3) is 0. The number of hydrogen-bond donors (Lipinski definition) is 1. The van der Waals surface area contributed by atoms with Crippen molar-refractivity contribution < 1.29 is 13.6 Å². The molecule has 0 heterocycles. The van der Waals surface area contributed by atoms with Crippen LogP contribution in [0.2, 0.25) is 0 Å². The number of benzene rings is 1. The van der Waals surface area contributed by atoms with Gasteiger partial charge in [-0.2, -0.15) is 0 Å². The van der Waals surface area contributed by atoms with Crippen LogP contribution in [-0.2, 0) is 4.79 Å². The minimum Gasteiger partial charge on any atom is -0.335 e. The highest BCUT2D eigenvalue weighted by Gasteiger charge is 1.99. The number of halogens is 2. The van der Waals surface area contributed by atoms with Crippen LogP contribution in [0.1, 0.15) is 5.56 Å². The normalized spacial score (nSPS) is 10.3. The standard InChI is InChI=1S/C9H7F2NO/c10-8-2-1-7(5-9(8)11)3-4-12-6-13/h1-6H,(H,12,13)/b4-3+. The highest BCUT2D eigenvalue weighted by molar-refractivity contribution is 5.55. The van der Waals surface area contributed by atoms with E-state index in [1.54, 1.807) is 0 Å². The summed E-state index contributed by atoms with van der Waals surface area (Å²) >= 11 is 0. The molecule has 0 spiro atoms. The van der Waals surface area contributed by atoms with E-state index in [1.165, 1.54) is 18.3 Å². The van der Waals surface area contributed by atoms with Gasteiger partial charge in [-0.3, -0.25) is 4.79 Å². The molecule has 1 aromatic rings. The lowest BCUT2D eigenvalue weighted by Gasteiger charge is -1.94. The number of carbonyl (C=O) groups excluding carboxylic acids is 1. The molecule has 0 fully saturated rings. The summed E-state index contributed by atoms with van der Waals surface area (Å²) in [6.45, 7) is 0. The van der Waals surface area contributed by atoms with Crippen molar-refractivity contribution in [2.75, 3.05) is 0 Å². The third-order valence-corrected chi connectivity index (χ3v) is 1.38. The average molecular weight is 183 g/mol. The fourth-order valence-corrected chi connectivity index (χ4v) is 0.800.